The van der Waals surface area contributed by atoms with Crippen LogP contribution in [0, 0.1) is 0 Å². The van der Waals surface area contributed by atoms with Gasteiger partial charge >= 0.3 is 5.97 Å². The number of benzene rings is 3. The van der Waals surface area contributed by atoms with Crippen molar-refractivity contribution in [1.82, 2.24) is 0 Å². The zero-order chi connectivity index (χ0) is 15.5. The minimum Gasteiger partial charge on any atom is -0.478 e. The summed E-state index contributed by atoms with van der Waals surface area (Å²) in [5.74, 6) is -0.932. The largest absolute Gasteiger partial charge is 0.478 e. The molecule has 0 fully saturated rings. The molecule has 108 valence electrons. The van der Waals surface area contributed by atoms with E-state index in [-0.39, 0.29) is 5.56 Å². The summed E-state index contributed by atoms with van der Waals surface area (Å²) in [6.07, 6.45) is 0. The lowest BCUT2D eigenvalue weighted by atomic mass is 9.93. The normalized spacial score (nSPS) is 10.4. The number of carboxylic acid groups (broad SMARTS) is 1. The number of anilines is 1. The Morgan fingerprint density at radius 2 is 1.50 bits per heavy atom. The molecule has 0 aliphatic rings. The Morgan fingerprint density at radius 1 is 0.773 bits per heavy atom. The molecule has 3 aromatic carbocycles. The highest BCUT2D eigenvalue weighted by Gasteiger charge is 2.10. The molecule has 0 aliphatic carbocycles. The monoisotopic (exact) mass is 289 g/mol. The highest BCUT2D eigenvalue weighted by Crippen LogP contribution is 2.33. The number of rotatable bonds is 3. The molecule has 0 saturated heterocycles. The molecule has 0 aliphatic heterocycles. The molecule has 0 atom stereocenters. The molecule has 0 amide bonds. The fourth-order valence-electron chi connectivity index (χ4n) is 2.49. The van der Waals surface area contributed by atoms with Gasteiger partial charge in [-0.1, -0.05) is 48.5 Å². The first-order valence-corrected chi connectivity index (χ1v) is 6.94. The molecule has 3 nitrogen and oxygen atoms in total. The van der Waals surface area contributed by atoms with Crippen LogP contribution in [-0.2, 0) is 0 Å². The van der Waals surface area contributed by atoms with Crippen molar-refractivity contribution < 1.29 is 9.90 Å². The van der Waals surface area contributed by atoms with Gasteiger partial charge in [-0.25, -0.2) is 4.79 Å². The molecule has 0 spiro atoms. The van der Waals surface area contributed by atoms with E-state index in [9.17, 15) is 4.79 Å². The van der Waals surface area contributed by atoms with Crippen LogP contribution in [-0.4, -0.2) is 11.1 Å². The van der Waals surface area contributed by atoms with E-state index in [2.05, 4.69) is 0 Å². The number of aromatic carboxylic acids is 1. The van der Waals surface area contributed by atoms with Crippen molar-refractivity contribution >= 4 is 11.7 Å². The lowest BCUT2D eigenvalue weighted by molar-refractivity contribution is 0.0697. The smallest absolute Gasteiger partial charge is 0.335 e. The summed E-state index contributed by atoms with van der Waals surface area (Å²) in [5, 5.41) is 9.17. The summed E-state index contributed by atoms with van der Waals surface area (Å²) in [7, 11) is 0. The van der Waals surface area contributed by atoms with Crippen molar-refractivity contribution in [1.29, 1.82) is 0 Å². The van der Waals surface area contributed by atoms with E-state index in [1.54, 1.807) is 18.2 Å². The Hall–Kier alpha value is -3.07. The van der Waals surface area contributed by atoms with E-state index < -0.39 is 5.97 Å². The zero-order valence-corrected chi connectivity index (χ0v) is 11.9. The molecule has 22 heavy (non-hydrogen) atoms. The van der Waals surface area contributed by atoms with Crippen LogP contribution in [0.5, 0.6) is 0 Å². The topological polar surface area (TPSA) is 63.3 Å². The van der Waals surface area contributed by atoms with Gasteiger partial charge < -0.3 is 10.8 Å². The highest BCUT2D eigenvalue weighted by molar-refractivity contribution is 5.92. The summed E-state index contributed by atoms with van der Waals surface area (Å²) in [6.45, 7) is 0. The van der Waals surface area contributed by atoms with Gasteiger partial charge in [0, 0.05) is 5.69 Å². The molecule has 3 rings (SSSR count). The summed E-state index contributed by atoms with van der Waals surface area (Å²) in [5.41, 5.74) is 10.7. The van der Waals surface area contributed by atoms with Crippen LogP contribution >= 0.6 is 0 Å². The Labute approximate surface area is 128 Å². The van der Waals surface area contributed by atoms with Crippen molar-refractivity contribution in [2.45, 2.75) is 0 Å². The van der Waals surface area contributed by atoms with Crippen LogP contribution in [0.1, 0.15) is 10.4 Å². The SMILES string of the molecule is Nc1ccc(-c2cccc(C(=O)O)c2)c(-c2ccccc2)c1. The molecule has 3 heteroatoms. The van der Waals surface area contributed by atoms with E-state index in [1.807, 2.05) is 54.6 Å². The van der Waals surface area contributed by atoms with Crippen LogP contribution in [0.15, 0.2) is 72.8 Å². The van der Waals surface area contributed by atoms with Gasteiger partial charge in [-0.05, 0) is 46.5 Å². The Bertz CT molecular complexity index is 826. The number of carbonyl (C=O) groups is 1. The van der Waals surface area contributed by atoms with E-state index in [0.717, 1.165) is 22.3 Å². The van der Waals surface area contributed by atoms with Crippen molar-refractivity contribution in [3.63, 3.8) is 0 Å². The van der Waals surface area contributed by atoms with Crippen molar-refractivity contribution in [3.8, 4) is 22.3 Å². The van der Waals surface area contributed by atoms with Gasteiger partial charge in [0.05, 0.1) is 5.56 Å². The number of nitrogen functional groups attached to an aromatic ring is 1. The number of carboxylic acids is 1. The minimum atomic E-state index is -0.932. The molecule has 0 bridgehead atoms. The Morgan fingerprint density at radius 3 is 2.23 bits per heavy atom. The third kappa shape index (κ3) is 2.69. The molecule has 0 aromatic heterocycles. The molecule has 3 aromatic rings. The van der Waals surface area contributed by atoms with Gasteiger partial charge in [0.1, 0.15) is 0 Å². The highest BCUT2D eigenvalue weighted by atomic mass is 16.4. The van der Waals surface area contributed by atoms with Gasteiger partial charge in [-0.3, -0.25) is 0 Å². The lowest BCUT2D eigenvalue weighted by Crippen LogP contribution is -1.96. The van der Waals surface area contributed by atoms with Crippen LogP contribution in [0.2, 0.25) is 0 Å². The Balaban J connectivity index is 2.19. The van der Waals surface area contributed by atoms with Gasteiger partial charge in [-0.15, -0.1) is 0 Å². The fraction of sp³-hybridized carbons (Fsp3) is 0. The maximum Gasteiger partial charge on any atom is 0.335 e. The fourth-order valence-corrected chi connectivity index (χ4v) is 2.49. The van der Waals surface area contributed by atoms with Crippen LogP contribution in [0.4, 0.5) is 5.69 Å². The lowest BCUT2D eigenvalue weighted by Gasteiger charge is -2.12. The van der Waals surface area contributed by atoms with Crippen molar-refractivity contribution in [2.24, 2.45) is 0 Å². The first-order valence-electron chi connectivity index (χ1n) is 6.94. The summed E-state index contributed by atoms with van der Waals surface area (Å²) in [6, 6.07) is 22.5. The van der Waals surface area contributed by atoms with E-state index in [0.29, 0.717) is 5.69 Å². The van der Waals surface area contributed by atoms with Crippen LogP contribution in [0.3, 0.4) is 0 Å². The number of hydrogen-bond donors (Lipinski definition) is 2. The van der Waals surface area contributed by atoms with E-state index in [4.69, 9.17) is 10.8 Å². The molecule has 0 unspecified atom stereocenters. The molecule has 0 radical (unpaired) electrons. The predicted molar refractivity (Wildman–Crippen MR) is 88.7 cm³/mol. The maximum absolute atomic E-state index is 11.2. The minimum absolute atomic E-state index is 0.272. The van der Waals surface area contributed by atoms with Crippen molar-refractivity contribution in [3.05, 3.63) is 78.4 Å². The number of hydrogen-bond acceptors (Lipinski definition) is 2. The molecular weight excluding hydrogens is 274 g/mol. The molecular formula is C19H15NO2. The van der Waals surface area contributed by atoms with E-state index in [1.165, 1.54) is 0 Å². The summed E-state index contributed by atoms with van der Waals surface area (Å²) >= 11 is 0. The van der Waals surface area contributed by atoms with E-state index >= 15 is 0 Å². The average Bonchev–Trinajstić information content (AvgIpc) is 2.55. The third-order valence-corrected chi connectivity index (χ3v) is 3.55. The first-order chi connectivity index (χ1) is 10.6. The molecule has 0 heterocycles. The third-order valence-electron chi connectivity index (χ3n) is 3.55. The van der Waals surface area contributed by atoms with Gasteiger partial charge in [0.2, 0.25) is 0 Å². The second kappa shape index (κ2) is 5.74. The second-order valence-corrected chi connectivity index (χ2v) is 5.06. The molecule has 3 N–H and O–H groups in total. The standard InChI is InChI=1S/C19H15NO2/c20-16-9-10-17(14-7-4-8-15(11-14)19(21)22)18(12-16)13-5-2-1-3-6-13/h1-12H,20H2,(H,21,22). The Kier molecular flexibility index (Phi) is 3.62. The first kappa shape index (κ1) is 13.9. The molecule has 0 saturated carbocycles. The van der Waals surface area contributed by atoms with Gasteiger partial charge in [-0.2, -0.15) is 0 Å². The van der Waals surface area contributed by atoms with Gasteiger partial charge in [0.15, 0.2) is 0 Å². The maximum atomic E-state index is 11.2. The predicted octanol–water partition coefficient (Wildman–Crippen LogP) is 4.30. The summed E-state index contributed by atoms with van der Waals surface area (Å²) in [4.78, 5) is 11.2. The zero-order valence-electron chi connectivity index (χ0n) is 11.9. The van der Waals surface area contributed by atoms with Gasteiger partial charge in [0.25, 0.3) is 0 Å². The van der Waals surface area contributed by atoms with Crippen LogP contribution < -0.4 is 5.73 Å². The van der Waals surface area contributed by atoms with Crippen molar-refractivity contribution in [2.75, 3.05) is 5.73 Å². The quantitative estimate of drug-likeness (QED) is 0.706. The number of nitrogens with two attached hydrogens (primary N) is 1. The summed E-state index contributed by atoms with van der Waals surface area (Å²) < 4.78 is 0. The second-order valence-electron chi connectivity index (χ2n) is 5.06. The average molecular weight is 289 g/mol. The van der Waals surface area contributed by atoms with Crippen LogP contribution in [0.25, 0.3) is 22.3 Å².